The highest BCUT2D eigenvalue weighted by Gasteiger charge is 2.45. The van der Waals surface area contributed by atoms with Crippen LogP contribution in [0.15, 0.2) is 0 Å². The summed E-state index contributed by atoms with van der Waals surface area (Å²) in [6.07, 6.45) is 3.45. The quantitative estimate of drug-likeness (QED) is 0.499. The number of ether oxygens (including phenoxy) is 2. The molecule has 0 bridgehead atoms. The summed E-state index contributed by atoms with van der Waals surface area (Å²) in [5.41, 5.74) is -0.172. The van der Waals surface area contributed by atoms with Crippen LogP contribution in [0.1, 0.15) is 33.1 Å². The number of hydrogen-bond donors (Lipinski definition) is 2. The first-order chi connectivity index (χ1) is 10.1. The molecule has 2 N–H and O–H groups in total. The van der Waals surface area contributed by atoms with E-state index in [1.54, 1.807) is 14.2 Å². The Morgan fingerprint density at radius 1 is 1.19 bits per heavy atom. The highest BCUT2D eigenvalue weighted by Crippen LogP contribution is 2.40. The van der Waals surface area contributed by atoms with E-state index in [1.807, 2.05) is 0 Å². The van der Waals surface area contributed by atoms with Crippen molar-refractivity contribution < 1.29 is 14.6 Å². The average molecular weight is 302 g/mol. The van der Waals surface area contributed by atoms with Gasteiger partial charge >= 0.3 is 0 Å². The molecule has 1 rings (SSSR count). The Bertz CT molecular complexity index is 272. The molecule has 1 atom stereocenters. The van der Waals surface area contributed by atoms with Crippen LogP contribution in [0, 0.1) is 5.92 Å². The summed E-state index contributed by atoms with van der Waals surface area (Å²) in [7, 11) is 3.47. The molecule has 21 heavy (non-hydrogen) atoms. The standard InChI is InChI=1S/C16H34N2O3/c1-14(2)17-16(13-19,15-6-7-15)12-18(9-11-21-4)8-5-10-20-3/h14-15,17,19H,5-13H2,1-4H3. The molecule has 0 amide bonds. The number of nitrogens with zero attached hydrogens (tertiary/aromatic N) is 1. The number of hydrogen-bond acceptors (Lipinski definition) is 5. The van der Waals surface area contributed by atoms with E-state index in [0.717, 1.165) is 39.3 Å². The SMILES string of the molecule is COCCCN(CCOC)CC(CO)(NC(C)C)C1CC1. The third-order valence-electron chi connectivity index (χ3n) is 4.16. The van der Waals surface area contributed by atoms with Gasteiger partial charge in [-0.3, -0.25) is 4.90 Å². The molecule has 1 aliphatic rings. The van der Waals surface area contributed by atoms with E-state index in [-0.39, 0.29) is 12.1 Å². The molecule has 0 saturated heterocycles. The van der Waals surface area contributed by atoms with Crippen molar-refractivity contribution in [2.75, 3.05) is 53.7 Å². The molecule has 0 heterocycles. The number of aliphatic hydroxyl groups is 1. The van der Waals surface area contributed by atoms with E-state index in [9.17, 15) is 5.11 Å². The predicted octanol–water partition coefficient (Wildman–Crippen LogP) is 1.11. The summed E-state index contributed by atoms with van der Waals surface area (Å²) >= 11 is 0. The van der Waals surface area contributed by atoms with E-state index in [1.165, 1.54) is 12.8 Å². The lowest BCUT2D eigenvalue weighted by Crippen LogP contribution is -2.60. The molecule has 0 aromatic rings. The minimum atomic E-state index is -0.172. The predicted molar refractivity (Wildman–Crippen MR) is 85.6 cm³/mol. The lowest BCUT2D eigenvalue weighted by Gasteiger charge is -2.40. The van der Waals surface area contributed by atoms with Crippen LogP contribution >= 0.6 is 0 Å². The zero-order valence-corrected chi connectivity index (χ0v) is 14.2. The Balaban J connectivity index is 2.64. The molecule has 0 radical (unpaired) electrons. The molecule has 0 aliphatic heterocycles. The van der Waals surface area contributed by atoms with Gasteiger partial charge in [-0.05, 0) is 25.2 Å². The fourth-order valence-corrected chi connectivity index (χ4v) is 3.05. The van der Waals surface area contributed by atoms with Crippen molar-refractivity contribution in [3.8, 4) is 0 Å². The Morgan fingerprint density at radius 3 is 2.33 bits per heavy atom. The van der Waals surface area contributed by atoms with E-state index in [4.69, 9.17) is 9.47 Å². The molecule has 0 aromatic carbocycles. The van der Waals surface area contributed by atoms with Crippen molar-refractivity contribution >= 4 is 0 Å². The van der Waals surface area contributed by atoms with Crippen LogP contribution in [0.5, 0.6) is 0 Å². The zero-order chi connectivity index (χ0) is 15.7. The van der Waals surface area contributed by atoms with Gasteiger partial charge in [0.1, 0.15) is 0 Å². The molecule has 1 fully saturated rings. The van der Waals surface area contributed by atoms with Gasteiger partial charge in [-0.25, -0.2) is 0 Å². The second kappa shape index (κ2) is 9.74. The fourth-order valence-electron chi connectivity index (χ4n) is 3.05. The van der Waals surface area contributed by atoms with Gasteiger partial charge in [0.25, 0.3) is 0 Å². The van der Waals surface area contributed by atoms with Gasteiger partial charge in [0.15, 0.2) is 0 Å². The van der Waals surface area contributed by atoms with E-state index in [0.29, 0.717) is 12.0 Å². The summed E-state index contributed by atoms with van der Waals surface area (Å²) in [6, 6.07) is 0.376. The first-order valence-electron chi connectivity index (χ1n) is 8.16. The zero-order valence-electron chi connectivity index (χ0n) is 14.2. The molecule has 126 valence electrons. The van der Waals surface area contributed by atoms with E-state index < -0.39 is 0 Å². The van der Waals surface area contributed by atoms with Crippen molar-refractivity contribution in [3.63, 3.8) is 0 Å². The van der Waals surface area contributed by atoms with Gasteiger partial charge in [0, 0.05) is 46.5 Å². The van der Waals surface area contributed by atoms with Crippen LogP contribution < -0.4 is 5.32 Å². The largest absolute Gasteiger partial charge is 0.394 e. The minimum absolute atomic E-state index is 0.172. The van der Waals surface area contributed by atoms with Crippen LogP contribution in [-0.4, -0.2) is 75.3 Å². The van der Waals surface area contributed by atoms with Gasteiger partial charge in [0.2, 0.25) is 0 Å². The Morgan fingerprint density at radius 2 is 1.86 bits per heavy atom. The van der Waals surface area contributed by atoms with Gasteiger partial charge in [-0.2, -0.15) is 0 Å². The van der Waals surface area contributed by atoms with Crippen molar-refractivity contribution in [2.45, 2.75) is 44.7 Å². The first kappa shape index (κ1) is 18.8. The lowest BCUT2D eigenvalue weighted by atomic mass is 9.92. The normalized spacial score (nSPS) is 18.4. The van der Waals surface area contributed by atoms with Gasteiger partial charge < -0.3 is 19.9 Å². The van der Waals surface area contributed by atoms with Crippen molar-refractivity contribution in [1.29, 1.82) is 0 Å². The number of rotatable bonds is 13. The monoisotopic (exact) mass is 302 g/mol. The first-order valence-corrected chi connectivity index (χ1v) is 8.16. The minimum Gasteiger partial charge on any atom is -0.394 e. The average Bonchev–Trinajstić information content (AvgIpc) is 3.28. The summed E-state index contributed by atoms with van der Waals surface area (Å²) in [5, 5.41) is 13.7. The third-order valence-corrected chi connectivity index (χ3v) is 4.16. The van der Waals surface area contributed by atoms with Crippen molar-refractivity contribution in [1.82, 2.24) is 10.2 Å². The molecule has 5 heteroatoms. The molecule has 1 aliphatic carbocycles. The highest BCUT2D eigenvalue weighted by molar-refractivity contribution is 5.03. The molecule has 0 spiro atoms. The van der Waals surface area contributed by atoms with Crippen molar-refractivity contribution in [2.24, 2.45) is 5.92 Å². The topological polar surface area (TPSA) is 54.0 Å². The van der Waals surface area contributed by atoms with Gasteiger partial charge in [-0.1, -0.05) is 13.8 Å². The van der Waals surface area contributed by atoms with E-state index in [2.05, 4.69) is 24.1 Å². The molecular formula is C16H34N2O3. The van der Waals surface area contributed by atoms with Gasteiger partial charge in [-0.15, -0.1) is 0 Å². The maximum Gasteiger partial charge on any atom is 0.0628 e. The molecular weight excluding hydrogens is 268 g/mol. The second-order valence-corrected chi connectivity index (χ2v) is 6.50. The van der Waals surface area contributed by atoms with Crippen molar-refractivity contribution in [3.05, 3.63) is 0 Å². The Kier molecular flexibility index (Phi) is 8.74. The molecule has 5 nitrogen and oxygen atoms in total. The smallest absolute Gasteiger partial charge is 0.0628 e. The maximum absolute atomic E-state index is 10.0. The summed E-state index contributed by atoms with van der Waals surface area (Å²) in [6.45, 7) is 8.74. The van der Waals surface area contributed by atoms with E-state index >= 15 is 0 Å². The molecule has 1 saturated carbocycles. The summed E-state index contributed by atoms with van der Waals surface area (Å²) < 4.78 is 10.4. The molecule has 1 unspecified atom stereocenters. The summed E-state index contributed by atoms with van der Waals surface area (Å²) in [5.74, 6) is 0.595. The Hall–Kier alpha value is -0.200. The molecule has 0 aromatic heterocycles. The Labute approximate surface area is 130 Å². The number of aliphatic hydroxyl groups excluding tert-OH is 1. The highest BCUT2D eigenvalue weighted by atomic mass is 16.5. The van der Waals surface area contributed by atoms with Crippen LogP contribution in [0.4, 0.5) is 0 Å². The maximum atomic E-state index is 10.0. The third kappa shape index (κ3) is 6.61. The lowest BCUT2D eigenvalue weighted by molar-refractivity contribution is 0.0637. The second-order valence-electron chi connectivity index (χ2n) is 6.50. The van der Waals surface area contributed by atoms with Crippen LogP contribution in [0.25, 0.3) is 0 Å². The van der Waals surface area contributed by atoms with Gasteiger partial charge in [0.05, 0.1) is 18.8 Å². The fraction of sp³-hybridized carbons (Fsp3) is 1.00. The number of methoxy groups -OCH3 is 2. The summed E-state index contributed by atoms with van der Waals surface area (Å²) in [4.78, 5) is 2.40. The van der Waals surface area contributed by atoms with Crippen LogP contribution in [-0.2, 0) is 9.47 Å². The number of nitrogens with one attached hydrogen (secondary N) is 1. The van der Waals surface area contributed by atoms with Crippen LogP contribution in [0.3, 0.4) is 0 Å². The van der Waals surface area contributed by atoms with Crippen LogP contribution in [0.2, 0.25) is 0 Å².